The first kappa shape index (κ1) is 17.7. The van der Waals surface area contributed by atoms with Crippen LogP contribution < -0.4 is 15.0 Å². The van der Waals surface area contributed by atoms with Gasteiger partial charge in [0, 0.05) is 30.2 Å². The largest absolute Gasteiger partial charge is 0.495 e. The zero-order valence-corrected chi connectivity index (χ0v) is 15.5. The van der Waals surface area contributed by atoms with Gasteiger partial charge in [0.05, 0.1) is 24.0 Å². The summed E-state index contributed by atoms with van der Waals surface area (Å²) < 4.78 is 5.38. The highest BCUT2D eigenvalue weighted by Crippen LogP contribution is 2.35. The highest BCUT2D eigenvalue weighted by Gasteiger charge is 2.13. The molecule has 0 saturated heterocycles. The molecule has 26 heavy (non-hydrogen) atoms. The predicted octanol–water partition coefficient (Wildman–Crippen LogP) is 4.67. The molecule has 0 aliphatic carbocycles. The number of carbonyl (C=O) groups excluding carboxylic acids is 1. The topological polar surface area (TPSA) is 54.5 Å². The first-order chi connectivity index (χ1) is 12.5. The maximum atomic E-state index is 11.8. The van der Waals surface area contributed by atoms with Crippen LogP contribution in [-0.2, 0) is 4.79 Å². The molecule has 0 bridgehead atoms. The Morgan fingerprint density at radius 1 is 1.19 bits per heavy atom. The number of ether oxygens (including phenoxy) is 1. The van der Waals surface area contributed by atoms with E-state index in [-0.39, 0.29) is 5.91 Å². The van der Waals surface area contributed by atoms with Crippen LogP contribution in [-0.4, -0.2) is 25.0 Å². The van der Waals surface area contributed by atoms with E-state index in [9.17, 15) is 4.79 Å². The first-order valence-electron chi connectivity index (χ1n) is 8.61. The highest BCUT2D eigenvalue weighted by atomic mass is 16.5. The lowest BCUT2D eigenvalue weighted by molar-refractivity contribution is -0.115. The van der Waals surface area contributed by atoms with E-state index in [1.54, 1.807) is 7.11 Å². The van der Waals surface area contributed by atoms with Crippen LogP contribution >= 0.6 is 0 Å². The normalized spacial score (nSPS) is 10.6. The third-order valence-electron chi connectivity index (χ3n) is 4.35. The number of nitrogens with zero attached hydrogens (tertiary/aromatic N) is 2. The summed E-state index contributed by atoms with van der Waals surface area (Å²) >= 11 is 0. The first-order valence-corrected chi connectivity index (χ1v) is 8.61. The van der Waals surface area contributed by atoms with Crippen LogP contribution in [0.25, 0.3) is 10.9 Å². The van der Waals surface area contributed by atoms with E-state index in [0.717, 1.165) is 28.0 Å². The van der Waals surface area contributed by atoms with Gasteiger partial charge in [-0.05, 0) is 37.3 Å². The molecule has 0 unspecified atom stereocenters. The van der Waals surface area contributed by atoms with Crippen molar-refractivity contribution >= 4 is 33.9 Å². The number of fused-ring (bicyclic) bond motifs is 1. The van der Waals surface area contributed by atoms with Gasteiger partial charge in [-0.3, -0.25) is 9.78 Å². The standard InChI is InChI=1S/C21H23N3O2/c1-5-21(25)23-18-13-15(10-11-20(18)26-4)24(3)19-12-14(2)22-17-9-7-6-8-16(17)19/h6-13H,5H2,1-4H3,(H,23,25). The van der Waals surface area contributed by atoms with Crippen LogP contribution in [0.15, 0.2) is 48.5 Å². The molecule has 0 aliphatic rings. The molecule has 0 spiro atoms. The Bertz CT molecular complexity index is 953. The van der Waals surface area contributed by atoms with Crippen molar-refractivity contribution in [3.8, 4) is 5.75 Å². The monoisotopic (exact) mass is 349 g/mol. The number of hydrogen-bond acceptors (Lipinski definition) is 4. The number of methoxy groups -OCH3 is 1. The van der Waals surface area contributed by atoms with Crippen molar-refractivity contribution in [1.29, 1.82) is 0 Å². The molecule has 1 amide bonds. The number of benzene rings is 2. The Morgan fingerprint density at radius 3 is 2.69 bits per heavy atom. The molecule has 0 radical (unpaired) electrons. The van der Waals surface area contributed by atoms with E-state index in [2.05, 4.69) is 27.3 Å². The lowest BCUT2D eigenvalue weighted by Gasteiger charge is -2.23. The van der Waals surface area contributed by atoms with Gasteiger partial charge >= 0.3 is 0 Å². The predicted molar refractivity (Wildman–Crippen MR) is 106 cm³/mol. The number of carbonyl (C=O) groups is 1. The summed E-state index contributed by atoms with van der Waals surface area (Å²) in [4.78, 5) is 18.5. The van der Waals surface area contributed by atoms with Gasteiger partial charge in [0.2, 0.25) is 5.91 Å². The summed E-state index contributed by atoms with van der Waals surface area (Å²) in [6.07, 6.45) is 0.414. The van der Waals surface area contributed by atoms with Gasteiger partial charge in [-0.15, -0.1) is 0 Å². The highest BCUT2D eigenvalue weighted by molar-refractivity contribution is 5.96. The SMILES string of the molecule is CCC(=O)Nc1cc(N(C)c2cc(C)nc3ccccc23)ccc1OC. The number of aromatic nitrogens is 1. The van der Waals surface area contributed by atoms with Gasteiger partial charge in [-0.25, -0.2) is 0 Å². The zero-order chi connectivity index (χ0) is 18.7. The number of aryl methyl sites for hydroxylation is 1. The Hall–Kier alpha value is -3.08. The molecule has 3 rings (SSSR count). The molecule has 5 nitrogen and oxygen atoms in total. The van der Waals surface area contributed by atoms with Gasteiger partial charge in [0.15, 0.2) is 0 Å². The molecule has 0 atom stereocenters. The van der Waals surface area contributed by atoms with Crippen molar-refractivity contribution in [2.45, 2.75) is 20.3 Å². The van der Waals surface area contributed by atoms with Gasteiger partial charge < -0.3 is 15.0 Å². The van der Waals surface area contributed by atoms with Crippen LogP contribution in [0.5, 0.6) is 5.75 Å². The second kappa shape index (κ2) is 7.44. The van der Waals surface area contributed by atoms with Crippen molar-refractivity contribution in [1.82, 2.24) is 4.98 Å². The maximum Gasteiger partial charge on any atom is 0.224 e. The van der Waals surface area contributed by atoms with Gasteiger partial charge in [0.25, 0.3) is 0 Å². The number of pyridine rings is 1. The minimum absolute atomic E-state index is 0.0479. The number of anilines is 3. The van der Waals surface area contributed by atoms with Crippen molar-refractivity contribution in [3.05, 3.63) is 54.2 Å². The summed E-state index contributed by atoms with van der Waals surface area (Å²) in [7, 11) is 3.61. The summed E-state index contributed by atoms with van der Waals surface area (Å²) in [5.74, 6) is 0.591. The van der Waals surface area contributed by atoms with Crippen LogP contribution in [0.4, 0.5) is 17.1 Å². The fourth-order valence-corrected chi connectivity index (χ4v) is 2.94. The lowest BCUT2D eigenvalue weighted by atomic mass is 10.1. The quantitative estimate of drug-likeness (QED) is 0.727. The van der Waals surface area contributed by atoms with Gasteiger partial charge in [-0.2, -0.15) is 0 Å². The lowest BCUT2D eigenvalue weighted by Crippen LogP contribution is -2.13. The van der Waals surface area contributed by atoms with Crippen molar-refractivity contribution in [2.24, 2.45) is 0 Å². The number of amides is 1. The fourth-order valence-electron chi connectivity index (χ4n) is 2.94. The average Bonchev–Trinajstić information content (AvgIpc) is 2.66. The minimum Gasteiger partial charge on any atom is -0.495 e. The van der Waals surface area contributed by atoms with E-state index in [1.807, 2.05) is 57.3 Å². The molecule has 2 aromatic carbocycles. The molecule has 0 aliphatic heterocycles. The molecule has 5 heteroatoms. The molecule has 3 aromatic rings. The number of hydrogen-bond donors (Lipinski definition) is 1. The molecule has 0 saturated carbocycles. The van der Waals surface area contributed by atoms with Crippen molar-refractivity contribution < 1.29 is 9.53 Å². The zero-order valence-electron chi connectivity index (χ0n) is 15.5. The number of rotatable bonds is 5. The molecule has 1 aromatic heterocycles. The smallest absolute Gasteiger partial charge is 0.224 e. The fraction of sp³-hybridized carbons (Fsp3) is 0.238. The molecule has 0 fully saturated rings. The third-order valence-corrected chi connectivity index (χ3v) is 4.35. The van der Waals surface area contributed by atoms with Crippen molar-refractivity contribution in [3.63, 3.8) is 0 Å². The van der Waals surface area contributed by atoms with Crippen LogP contribution in [0, 0.1) is 6.92 Å². The van der Waals surface area contributed by atoms with Crippen LogP contribution in [0.3, 0.4) is 0 Å². The average molecular weight is 349 g/mol. The van der Waals surface area contributed by atoms with E-state index < -0.39 is 0 Å². The minimum atomic E-state index is -0.0479. The van der Waals surface area contributed by atoms with Crippen molar-refractivity contribution in [2.75, 3.05) is 24.4 Å². The van der Waals surface area contributed by atoms with E-state index >= 15 is 0 Å². The Balaban J connectivity index is 2.07. The number of nitrogens with one attached hydrogen (secondary N) is 1. The summed E-state index contributed by atoms with van der Waals surface area (Å²) in [6, 6.07) is 15.9. The number of para-hydroxylation sites is 1. The Labute approximate surface area is 153 Å². The van der Waals surface area contributed by atoms with Gasteiger partial charge in [0.1, 0.15) is 5.75 Å². The van der Waals surface area contributed by atoms with Gasteiger partial charge in [-0.1, -0.05) is 25.1 Å². The summed E-state index contributed by atoms with van der Waals surface area (Å²) in [5, 5.41) is 3.98. The van der Waals surface area contributed by atoms with Crippen LogP contribution in [0.1, 0.15) is 19.0 Å². The summed E-state index contributed by atoms with van der Waals surface area (Å²) in [6.45, 7) is 3.81. The maximum absolute atomic E-state index is 11.8. The molecular formula is C21H23N3O2. The summed E-state index contributed by atoms with van der Waals surface area (Å²) in [5.41, 5.74) is 4.60. The third kappa shape index (κ3) is 3.47. The van der Waals surface area contributed by atoms with E-state index in [4.69, 9.17) is 4.74 Å². The second-order valence-electron chi connectivity index (χ2n) is 6.15. The van der Waals surface area contributed by atoms with Crippen LogP contribution in [0.2, 0.25) is 0 Å². The Kier molecular flexibility index (Phi) is 5.07. The molecule has 134 valence electrons. The van der Waals surface area contributed by atoms with E-state index in [0.29, 0.717) is 17.9 Å². The molecular weight excluding hydrogens is 326 g/mol. The van der Waals surface area contributed by atoms with E-state index in [1.165, 1.54) is 0 Å². The Morgan fingerprint density at radius 2 is 1.96 bits per heavy atom. The second-order valence-corrected chi connectivity index (χ2v) is 6.15. The molecule has 1 heterocycles. The molecule has 1 N–H and O–H groups in total.